The van der Waals surface area contributed by atoms with Gasteiger partial charge < -0.3 is 5.32 Å². The highest BCUT2D eigenvalue weighted by atomic mass is 35.5. The Morgan fingerprint density at radius 1 is 1.15 bits per heavy atom. The topological polar surface area (TPSA) is 37.8 Å². The monoisotopic (exact) mass is 289 g/mol. The maximum atomic E-state index is 5.96. The molecule has 1 aromatic carbocycles. The number of benzene rings is 1. The SMILES string of the molecule is CCCNc1ncnc(-c2ccc(Cl)cc2)c1C(C)C. The fraction of sp³-hybridized carbons (Fsp3) is 0.375. The molecule has 0 fully saturated rings. The lowest BCUT2D eigenvalue weighted by molar-refractivity contribution is 0.844. The van der Waals surface area contributed by atoms with Gasteiger partial charge in [0.2, 0.25) is 0 Å². The number of nitrogens with one attached hydrogen (secondary N) is 1. The smallest absolute Gasteiger partial charge is 0.133 e. The molecule has 0 aliphatic heterocycles. The van der Waals surface area contributed by atoms with E-state index in [2.05, 4.69) is 36.1 Å². The van der Waals surface area contributed by atoms with E-state index in [-0.39, 0.29) is 0 Å². The first-order valence-corrected chi connectivity index (χ1v) is 7.36. The predicted molar refractivity (Wildman–Crippen MR) is 85.3 cm³/mol. The number of anilines is 1. The summed E-state index contributed by atoms with van der Waals surface area (Å²) in [6, 6.07) is 7.78. The van der Waals surface area contributed by atoms with E-state index in [4.69, 9.17) is 11.6 Å². The maximum Gasteiger partial charge on any atom is 0.133 e. The van der Waals surface area contributed by atoms with Crippen LogP contribution in [0.15, 0.2) is 30.6 Å². The molecular weight excluding hydrogens is 270 g/mol. The molecule has 4 heteroatoms. The van der Waals surface area contributed by atoms with Crippen LogP contribution in [0.4, 0.5) is 5.82 Å². The van der Waals surface area contributed by atoms with Crippen LogP contribution in [-0.4, -0.2) is 16.5 Å². The van der Waals surface area contributed by atoms with Crippen LogP contribution in [0.1, 0.15) is 38.7 Å². The molecule has 2 aromatic rings. The first-order valence-electron chi connectivity index (χ1n) is 6.98. The summed E-state index contributed by atoms with van der Waals surface area (Å²) in [6.07, 6.45) is 2.69. The van der Waals surface area contributed by atoms with Crippen molar-refractivity contribution in [2.24, 2.45) is 0 Å². The fourth-order valence-corrected chi connectivity index (χ4v) is 2.29. The molecule has 3 nitrogen and oxygen atoms in total. The molecule has 0 unspecified atom stereocenters. The van der Waals surface area contributed by atoms with Crippen molar-refractivity contribution < 1.29 is 0 Å². The summed E-state index contributed by atoms with van der Waals surface area (Å²) in [6.45, 7) is 7.38. The van der Waals surface area contributed by atoms with Gasteiger partial charge in [-0.05, 0) is 24.5 Å². The quantitative estimate of drug-likeness (QED) is 0.864. The number of rotatable bonds is 5. The van der Waals surface area contributed by atoms with Crippen molar-refractivity contribution >= 4 is 17.4 Å². The van der Waals surface area contributed by atoms with Crippen LogP contribution < -0.4 is 5.32 Å². The highest BCUT2D eigenvalue weighted by Crippen LogP contribution is 2.32. The van der Waals surface area contributed by atoms with Crippen molar-refractivity contribution in [3.05, 3.63) is 41.2 Å². The molecule has 0 saturated heterocycles. The Kier molecular flexibility index (Phi) is 4.96. The Hall–Kier alpha value is -1.61. The van der Waals surface area contributed by atoms with E-state index in [1.807, 2.05) is 24.3 Å². The molecule has 106 valence electrons. The van der Waals surface area contributed by atoms with Crippen LogP contribution >= 0.6 is 11.6 Å². The zero-order chi connectivity index (χ0) is 14.5. The molecule has 2 rings (SSSR count). The molecule has 0 aliphatic rings. The van der Waals surface area contributed by atoms with Gasteiger partial charge >= 0.3 is 0 Å². The summed E-state index contributed by atoms with van der Waals surface area (Å²) in [5.41, 5.74) is 3.20. The summed E-state index contributed by atoms with van der Waals surface area (Å²) >= 11 is 5.96. The lowest BCUT2D eigenvalue weighted by atomic mass is 9.97. The molecule has 0 radical (unpaired) electrons. The van der Waals surface area contributed by atoms with Gasteiger partial charge in [-0.2, -0.15) is 0 Å². The summed E-state index contributed by atoms with van der Waals surface area (Å²) in [5.74, 6) is 1.28. The number of hydrogen-bond acceptors (Lipinski definition) is 3. The molecule has 0 aliphatic carbocycles. The van der Waals surface area contributed by atoms with Crippen molar-refractivity contribution in [1.82, 2.24) is 9.97 Å². The lowest BCUT2D eigenvalue weighted by Gasteiger charge is -2.17. The van der Waals surface area contributed by atoms with Gasteiger partial charge in [-0.25, -0.2) is 9.97 Å². The Morgan fingerprint density at radius 2 is 1.85 bits per heavy atom. The molecule has 0 spiro atoms. The zero-order valence-electron chi connectivity index (χ0n) is 12.2. The highest BCUT2D eigenvalue weighted by molar-refractivity contribution is 6.30. The normalized spacial score (nSPS) is 10.8. The number of aromatic nitrogens is 2. The van der Waals surface area contributed by atoms with Gasteiger partial charge in [0, 0.05) is 22.7 Å². The van der Waals surface area contributed by atoms with E-state index >= 15 is 0 Å². The third kappa shape index (κ3) is 3.28. The van der Waals surface area contributed by atoms with Crippen LogP contribution in [0.3, 0.4) is 0 Å². The predicted octanol–water partition coefficient (Wildman–Crippen LogP) is 4.74. The third-order valence-corrected chi connectivity index (χ3v) is 3.37. The Labute approximate surface area is 125 Å². The molecule has 0 saturated carbocycles. The Morgan fingerprint density at radius 3 is 2.45 bits per heavy atom. The largest absolute Gasteiger partial charge is 0.370 e. The number of nitrogens with zero attached hydrogens (tertiary/aromatic N) is 2. The minimum atomic E-state index is 0.348. The zero-order valence-corrected chi connectivity index (χ0v) is 12.9. The molecular formula is C16H20ClN3. The van der Waals surface area contributed by atoms with Crippen LogP contribution in [-0.2, 0) is 0 Å². The third-order valence-electron chi connectivity index (χ3n) is 3.12. The fourth-order valence-electron chi connectivity index (χ4n) is 2.16. The number of hydrogen-bond donors (Lipinski definition) is 1. The second-order valence-corrected chi connectivity index (χ2v) is 5.51. The molecule has 1 aromatic heterocycles. The van der Waals surface area contributed by atoms with E-state index in [1.54, 1.807) is 6.33 Å². The van der Waals surface area contributed by atoms with Crippen LogP contribution in [0, 0.1) is 0 Å². The van der Waals surface area contributed by atoms with Crippen molar-refractivity contribution in [1.29, 1.82) is 0 Å². The van der Waals surface area contributed by atoms with Gasteiger partial charge in [0.05, 0.1) is 5.69 Å². The lowest BCUT2D eigenvalue weighted by Crippen LogP contribution is -2.08. The minimum Gasteiger partial charge on any atom is -0.370 e. The Balaban J connectivity index is 2.49. The van der Waals surface area contributed by atoms with Gasteiger partial charge in [0.1, 0.15) is 12.1 Å². The second-order valence-electron chi connectivity index (χ2n) is 5.07. The first-order chi connectivity index (χ1) is 9.63. The van der Waals surface area contributed by atoms with Gasteiger partial charge in [0.15, 0.2) is 0 Å². The van der Waals surface area contributed by atoms with Crippen LogP contribution in [0.25, 0.3) is 11.3 Å². The molecule has 1 heterocycles. The van der Waals surface area contributed by atoms with Gasteiger partial charge in [0.25, 0.3) is 0 Å². The summed E-state index contributed by atoms with van der Waals surface area (Å²) in [7, 11) is 0. The highest BCUT2D eigenvalue weighted by Gasteiger charge is 2.15. The minimum absolute atomic E-state index is 0.348. The van der Waals surface area contributed by atoms with Crippen molar-refractivity contribution in [2.75, 3.05) is 11.9 Å². The van der Waals surface area contributed by atoms with Crippen LogP contribution in [0.5, 0.6) is 0 Å². The summed E-state index contributed by atoms with van der Waals surface area (Å²) in [4.78, 5) is 8.87. The van der Waals surface area contributed by atoms with E-state index in [0.29, 0.717) is 5.92 Å². The van der Waals surface area contributed by atoms with E-state index in [9.17, 15) is 0 Å². The van der Waals surface area contributed by atoms with Crippen molar-refractivity contribution in [2.45, 2.75) is 33.1 Å². The van der Waals surface area contributed by atoms with Gasteiger partial charge in [-0.15, -0.1) is 0 Å². The standard InChI is InChI=1S/C16H20ClN3/c1-4-9-18-16-14(11(2)3)15(19-10-20-16)12-5-7-13(17)8-6-12/h5-8,10-11H,4,9H2,1-3H3,(H,18,19,20). The van der Waals surface area contributed by atoms with Crippen molar-refractivity contribution in [3.8, 4) is 11.3 Å². The molecule has 20 heavy (non-hydrogen) atoms. The summed E-state index contributed by atoms with van der Waals surface area (Å²) in [5, 5.41) is 4.12. The average Bonchev–Trinajstić information content (AvgIpc) is 2.45. The second kappa shape index (κ2) is 6.71. The van der Waals surface area contributed by atoms with Crippen LogP contribution in [0.2, 0.25) is 5.02 Å². The molecule has 0 atom stereocenters. The molecule has 0 bridgehead atoms. The van der Waals surface area contributed by atoms with E-state index in [1.165, 1.54) is 0 Å². The van der Waals surface area contributed by atoms with E-state index in [0.717, 1.165) is 40.6 Å². The van der Waals surface area contributed by atoms with E-state index < -0.39 is 0 Å². The van der Waals surface area contributed by atoms with Crippen molar-refractivity contribution in [3.63, 3.8) is 0 Å². The number of halogens is 1. The maximum absolute atomic E-state index is 5.96. The van der Waals surface area contributed by atoms with Gasteiger partial charge in [-0.3, -0.25) is 0 Å². The Bertz CT molecular complexity index is 564. The van der Waals surface area contributed by atoms with Gasteiger partial charge in [-0.1, -0.05) is 44.5 Å². The average molecular weight is 290 g/mol. The molecule has 0 amide bonds. The molecule has 1 N–H and O–H groups in total. The summed E-state index contributed by atoms with van der Waals surface area (Å²) < 4.78 is 0. The first kappa shape index (κ1) is 14.8.